The van der Waals surface area contributed by atoms with Gasteiger partial charge in [0.1, 0.15) is 18.1 Å². The van der Waals surface area contributed by atoms with Gasteiger partial charge in [0.2, 0.25) is 5.91 Å². The minimum atomic E-state index is -0.129. The first-order valence-electron chi connectivity index (χ1n) is 10.3. The number of piperidine rings is 1. The summed E-state index contributed by atoms with van der Waals surface area (Å²) in [5, 5.41) is 15.2. The van der Waals surface area contributed by atoms with Crippen LogP contribution in [0.4, 0.5) is 5.69 Å². The van der Waals surface area contributed by atoms with E-state index in [0.717, 1.165) is 5.56 Å². The third kappa shape index (κ3) is 5.20. The fraction of sp³-hybridized carbons (Fsp3) is 0.261. The maximum absolute atomic E-state index is 12.7. The number of aromatic nitrogens is 1. The lowest BCUT2D eigenvalue weighted by molar-refractivity contribution is -0.121. The van der Waals surface area contributed by atoms with Crippen molar-refractivity contribution in [1.82, 2.24) is 10.1 Å². The molecule has 2 aromatic carbocycles. The smallest absolute Gasteiger partial charge is 0.227 e. The van der Waals surface area contributed by atoms with E-state index in [2.05, 4.69) is 10.5 Å². The molecule has 8 nitrogen and oxygen atoms in total. The Morgan fingerprint density at radius 3 is 2.66 bits per heavy atom. The summed E-state index contributed by atoms with van der Waals surface area (Å²) in [6.07, 6.45) is 1.31. The van der Waals surface area contributed by atoms with Crippen molar-refractivity contribution in [3.05, 3.63) is 65.3 Å². The molecule has 0 unspecified atom stereocenters. The van der Waals surface area contributed by atoms with Crippen LogP contribution in [0.5, 0.6) is 5.75 Å². The Kier molecular flexibility index (Phi) is 6.61. The van der Waals surface area contributed by atoms with Crippen LogP contribution in [0.15, 0.2) is 59.1 Å². The van der Waals surface area contributed by atoms with Gasteiger partial charge in [-0.15, -0.1) is 0 Å². The first-order chi connectivity index (χ1) is 15.5. The second-order valence-corrected chi connectivity index (χ2v) is 8.05. The Labute approximate surface area is 190 Å². The van der Waals surface area contributed by atoms with E-state index < -0.39 is 0 Å². The Hall–Kier alpha value is -3.52. The number of ether oxygens (including phenoxy) is 1. The third-order valence-corrected chi connectivity index (χ3v) is 5.67. The molecule has 32 heavy (non-hydrogen) atoms. The zero-order chi connectivity index (χ0) is 22.5. The van der Waals surface area contributed by atoms with Gasteiger partial charge in [-0.25, -0.2) is 0 Å². The SMILES string of the molecule is N=C(N)N1CCC(C(=O)Nc2ccccc2OCc2cc(-c3ccc(Cl)cc3)on2)CC1. The lowest BCUT2D eigenvalue weighted by Crippen LogP contribution is -2.44. The standard InChI is InChI=1S/C23H24ClN5O3/c24-17-7-5-15(6-8-17)21-13-18(28-32-21)14-31-20-4-2-1-3-19(20)27-22(30)16-9-11-29(12-10-16)23(25)26/h1-8,13,16H,9-12,14H2,(H3,25,26)(H,27,30). The average Bonchev–Trinajstić information content (AvgIpc) is 3.28. The van der Waals surface area contributed by atoms with Gasteiger partial charge < -0.3 is 25.2 Å². The van der Waals surface area contributed by atoms with Crippen molar-refractivity contribution in [3.63, 3.8) is 0 Å². The van der Waals surface area contributed by atoms with Gasteiger partial charge in [-0.1, -0.05) is 28.9 Å². The Morgan fingerprint density at radius 2 is 1.94 bits per heavy atom. The lowest BCUT2D eigenvalue weighted by Gasteiger charge is -2.31. The Bertz CT molecular complexity index is 1090. The summed E-state index contributed by atoms with van der Waals surface area (Å²) in [7, 11) is 0. The number of likely N-dealkylation sites (tertiary alicyclic amines) is 1. The molecule has 9 heteroatoms. The molecular formula is C23H24ClN5O3. The van der Waals surface area contributed by atoms with E-state index in [1.807, 2.05) is 30.3 Å². The van der Waals surface area contributed by atoms with Crippen LogP contribution in [-0.4, -0.2) is 35.0 Å². The number of halogens is 1. The first-order valence-corrected chi connectivity index (χ1v) is 10.7. The van der Waals surface area contributed by atoms with Gasteiger partial charge in [-0.2, -0.15) is 0 Å². The van der Waals surface area contributed by atoms with Crippen LogP contribution in [0.25, 0.3) is 11.3 Å². The number of nitrogens with two attached hydrogens (primary N) is 1. The monoisotopic (exact) mass is 453 g/mol. The summed E-state index contributed by atoms with van der Waals surface area (Å²) in [5.41, 5.74) is 7.64. The molecule has 166 valence electrons. The van der Waals surface area contributed by atoms with E-state index in [1.165, 1.54) is 0 Å². The largest absolute Gasteiger partial charge is 0.485 e. The van der Waals surface area contributed by atoms with Gasteiger partial charge in [-0.3, -0.25) is 10.2 Å². The minimum absolute atomic E-state index is 0.0506. The van der Waals surface area contributed by atoms with E-state index in [0.29, 0.717) is 53.8 Å². The summed E-state index contributed by atoms with van der Waals surface area (Å²) >= 11 is 5.93. The van der Waals surface area contributed by atoms with E-state index in [-0.39, 0.29) is 24.4 Å². The van der Waals surface area contributed by atoms with Crippen molar-refractivity contribution in [2.24, 2.45) is 11.7 Å². The Morgan fingerprint density at radius 1 is 1.22 bits per heavy atom. The minimum Gasteiger partial charge on any atom is -0.485 e. The van der Waals surface area contributed by atoms with E-state index in [9.17, 15) is 4.79 Å². The number of hydrogen-bond acceptors (Lipinski definition) is 5. The normalized spacial score (nSPS) is 14.2. The third-order valence-electron chi connectivity index (χ3n) is 5.41. The molecule has 4 N–H and O–H groups in total. The highest BCUT2D eigenvalue weighted by molar-refractivity contribution is 6.30. The van der Waals surface area contributed by atoms with Crippen molar-refractivity contribution < 1.29 is 14.1 Å². The summed E-state index contributed by atoms with van der Waals surface area (Å²) < 4.78 is 11.3. The summed E-state index contributed by atoms with van der Waals surface area (Å²) in [6.45, 7) is 1.41. The van der Waals surface area contributed by atoms with Crippen molar-refractivity contribution in [1.29, 1.82) is 5.41 Å². The number of carbonyl (C=O) groups excluding carboxylic acids is 1. The number of benzene rings is 2. The Balaban J connectivity index is 1.36. The number of guanidine groups is 1. The molecule has 2 heterocycles. The molecule has 0 radical (unpaired) electrons. The quantitative estimate of drug-likeness (QED) is 0.381. The highest BCUT2D eigenvalue weighted by Gasteiger charge is 2.26. The van der Waals surface area contributed by atoms with Crippen LogP contribution < -0.4 is 15.8 Å². The predicted octanol–water partition coefficient (Wildman–Crippen LogP) is 4.12. The molecule has 1 aliphatic rings. The molecule has 3 aromatic rings. The second-order valence-electron chi connectivity index (χ2n) is 7.61. The molecule has 0 bridgehead atoms. The van der Waals surface area contributed by atoms with Gasteiger partial charge in [0.05, 0.1) is 5.69 Å². The summed E-state index contributed by atoms with van der Waals surface area (Å²) in [4.78, 5) is 14.5. The number of rotatable bonds is 6. The number of para-hydroxylation sites is 2. The van der Waals surface area contributed by atoms with Crippen molar-refractivity contribution in [3.8, 4) is 17.1 Å². The molecular weight excluding hydrogens is 430 g/mol. The second kappa shape index (κ2) is 9.74. The van der Waals surface area contributed by atoms with Crippen LogP contribution in [0.3, 0.4) is 0 Å². The predicted molar refractivity (Wildman–Crippen MR) is 123 cm³/mol. The molecule has 0 aliphatic carbocycles. The fourth-order valence-corrected chi connectivity index (χ4v) is 3.72. The fourth-order valence-electron chi connectivity index (χ4n) is 3.59. The molecule has 0 saturated carbocycles. The number of hydrogen-bond donors (Lipinski definition) is 3. The molecule has 1 aromatic heterocycles. The van der Waals surface area contributed by atoms with Crippen molar-refractivity contribution >= 4 is 29.2 Å². The summed E-state index contributed by atoms with van der Waals surface area (Å²) in [5.74, 6) is 1.04. The topological polar surface area (TPSA) is 117 Å². The zero-order valence-electron chi connectivity index (χ0n) is 17.4. The zero-order valence-corrected chi connectivity index (χ0v) is 18.1. The number of nitrogens with zero attached hydrogens (tertiary/aromatic N) is 2. The van der Waals surface area contributed by atoms with Crippen LogP contribution in [0.2, 0.25) is 5.02 Å². The van der Waals surface area contributed by atoms with Crippen LogP contribution >= 0.6 is 11.6 Å². The van der Waals surface area contributed by atoms with Gasteiger partial charge in [0.15, 0.2) is 11.7 Å². The molecule has 1 amide bonds. The maximum atomic E-state index is 12.7. The van der Waals surface area contributed by atoms with Gasteiger partial charge in [0.25, 0.3) is 0 Å². The van der Waals surface area contributed by atoms with E-state index in [4.69, 9.17) is 32.0 Å². The highest BCUT2D eigenvalue weighted by atomic mass is 35.5. The number of anilines is 1. The average molecular weight is 454 g/mol. The molecule has 1 aliphatic heterocycles. The molecule has 0 atom stereocenters. The van der Waals surface area contributed by atoms with Crippen molar-refractivity contribution in [2.75, 3.05) is 18.4 Å². The molecule has 1 saturated heterocycles. The van der Waals surface area contributed by atoms with Gasteiger partial charge >= 0.3 is 0 Å². The molecule has 1 fully saturated rings. The van der Waals surface area contributed by atoms with Crippen molar-refractivity contribution in [2.45, 2.75) is 19.4 Å². The number of amides is 1. The van der Waals surface area contributed by atoms with Crippen LogP contribution in [0, 0.1) is 11.3 Å². The first kappa shape index (κ1) is 21.7. The number of nitrogens with one attached hydrogen (secondary N) is 2. The van der Waals surface area contributed by atoms with E-state index >= 15 is 0 Å². The van der Waals surface area contributed by atoms with E-state index in [1.54, 1.807) is 29.2 Å². The summed E-state index contributed by atoms with van der Waals surface area (Å²) in [6, 6.07) is 16.4. The van der Waals surface area contributed by atoms with Crippen LogP contribution in [0.1, 0.15) is 18.5 Å². The molecule has 0 spiro atoms. The molecule has 4 rings (SSSR count). The highest BCUT2D eigenvalue weighted by Crippen LogP contribution is 2.28. The van der Waals surface area contributed by atoms with Gasteiger partial charge in [-0.05, 0) is 49.2 Å². The van der Waals surface area contributed by atoms with Crippen LogP contribution in [-0.2, 0) is 11.4 Å². The number of carbonyl (C=O) groups is 1. The lowest BCUT2D eigenvalue weighted by atomic mass is 9.96. The maximum Gasteiger partial charge on any atom is 0.227 e. The van der Waals surface area contributed by atoms with Gasteiger partial charge in [0, 0.05) is 35.7 Å².